The third-order valence-electron chi connectivity index (χ3n) is 3.24. The third-order valence-corrected chi connectivity index (χ3v) is 4.15. The number of likely N-dealkylation sites (N-methyl/N-ethyl adjacent to an activating group) is 1. The molecule has 1 aliphatic heterocycles. The molecule has 1 unspecified atom stereocenters. The second-order valence-electron chi connectivity index (χ2n) is 4.78. The first-order chi connectivity index (χ1) is 8.88. The summed E-state index contributed by atoms with van der Waals surface area (Å²) in [4.78, 5) is 1.97. The fourth-order valence-corrected chi connectivity index (χ4v) is 2.76. The van der Waals surface area contributed by atoms with E-state index in [1.54, 1.807) is 6.07 Å². The zero-order chi connectivity index (χ0) is 14.0. The van der Waals surface area contributed by atoms with E-state index in [2.05, 4.69) is 0 Å². The molecule has 1 heterocycles. The van der Waals surface area contributed by atoms with Crippen molar-refractivity contribution in [2.45, 2.75) is 23.8 Å². The number of ether oxygens (including phenoxy) is 1. The van der Waals surface area contributed by atoms with Crippen molar-refractivity contribution >= 4 is 21.4 Å². The molecule has 1 atom stereocenters. The van der Waals surface area contributed by atoms with Gasteiger partial charge < -0.3 is 15.4 Å². The summed E-state index contributed by atoms with van der Waals surface area (Å²) in [6.45, 7) is 1.46. The maximum atomic E-state index is 11.4. The standard InChI is InChI=1S/C12H19N3O3S/c1-15(8-9-3-2-6-18-9)12-7-10(19(14,16)17)4-5-11(12)13/h4-5,7,9H,2-3,6,8,13H2,1H3,(H2,14,16,17). The lowest BCUT2D eigenvalue weighted by atomic mass is 10.2. The van der Waals surface area contributed by atoms with Crippen LogP contribution in [0.1, 0.15) is 12.8 Å². The zero-order valence-corrected chi connectivity index (χ0v) is 11.7. The quantitative estimate of drug-likeness (QED) is 0.786. The number of primary sulfonamides is 1. The van der Waals surface area contributed by atoms with Crippen molar-refractivity contribution < 1.29 is 13.2 Å². The highest BCUT2D eigenvalue weighted by atomic mass is 32.2. The van der Waals surface area contributed by atoms with E-state index in [4.69, 9.17) is 15.6 Å². The minimum Gasteiger partial charge on any atom is -0.397 e. The fourth-order valence-electron chi connectivity index (χ4n) is 2.22. The van der Waals surface area contributed by atoms with Crippen LogP contribution in [0.2, 0.25) is 0 Å². The molecule has 7 heteroatoms. The zero-order valence-electron chi connectivity index (χ0n) is 10.9. The maximum Gasteiger partial charge on any atom is 0.238 e. The highest BCUT2D eigenvalue weighted by Crippen LogP contribution is 2.26. The lowest BCUT2D eigenvalue weighted by Gasteiger charge is -2.24. The topological polar surface area (TPSA) is 98.6 Å². The van der Waals surface area contributed by atoms with Crippen molar-refractivity contribution in [3.8, 4) is 0 Å². The number of hydrogen-bond acceptors (Lipinski definition) is 5. The smallest absolute Gasteiger partial charge is 0.238 e. The van der Waals surface area contributed by atoms with E-state index in [0.29, 0.717) is 17.9 Å². The first-order valence-electron chi connectivity index (χ1n) is 6.13. The summed E-state index contributed by atoms with van der Waals surface area (Å²) in [5.74, 6) is 0. The van der Waals surface area contributed by atoms with Gasteiger partial charge in [0.2, 0.25) is 10.0 Å². The molecule has 1 saturated heterocycles. The Morgan fingerprint density at radius 1 is 1.47 bits per heavy atom. The lowest BCUT2D eigenvalue weighted by molar-refractivity contribution is 0.116. The summed E-state index contributed by atoms with van der Waals surface area (Å²) < 4.78 is 28.3. The van der Waals surface area contributed by atoms with E-state index in [0.717, 1.165) is 19.4 Å². The van der Waals surface area contributed by atoms with Crippen molar-refractivity contribution in [1.82, 2.24) is 0 Å². The van der Waals surface area contributed by atoms with Gasteiger partial charge in [-0.05, 0) is 31.0 Å². The van der Waals surface area contributed by atoms with Crippen LogP contribution in [0.25, 0.3) is 0 Å². The van der Waals surface area contributed by atoms with Gasteiger partial charge in [-0.25, -0.2) is 13.6 Å². The van der Waals surface area contributed by atoms with E-state index >= 15 is 0 Å². The number of sulfonamides is 1. The van der Waals surface area contributed by atoms with Gasteiger partial charge in [-0.1, -0.05) is 0 Å². The number of benzene rings is 1. The summed E-state index contributed by atoms with van der Waals surface area (Å²) in [6, 6.07) is 4.47. The second kappa shape index (κ2) is 5.36. The van der Waals surface area contributed by atoms with Gasteiger partial charge in [-0.2, -0.15) is 0 Å². The largest absolute Gasteiger partial charge is 0.397 e. The minimum absolute atomic E-state index is 0.0656. The van der Waals surface area contributed by atoms with E-state index in [1.807, 2.05) is 11.9 Å². The predicted molar refractivity (Wildman–Crippen MR) is 74.5 cm³/mol. The number of rotatable bonds is 4. The van der Waals surface area contributed by atoms with Crippen LogP contribution in [0, 0.1) is 0 Å². The van der Waals surface area contributed by atoms with Crippen molar-refractivity contribution in [3.05, 3.63) is 18.2 Å². The molecule has 4 N–H and O–H groups in total. The molecule has 0 bridgehead atoms. The van der Waals surface area contributed by atoms with Gasteiger partial charge in [0.1, 0.15) is 0 Å². The van der Waals surface area contributed by atoms with E-state index < -0.39 is 10.0 Å². The van der Waals surface area contributed by atoms with Crippen molar-refractivity contribution in [2.24, 2.45) is 5.14 Å². The third kappa shape index (κ3) is 3.37. The lowest BCUT2D eigenvalue weighted by Crippen LogP contribution is -2.29. The molecule has 0 amide bonds. The van der Waals surface area contributed by atoms with Gasteiger partial charge in [-0.3, -0.25) is 0 Å². The Bertz CT molecular complexity index is 553. The van der Waals surface area contributed by atoms with Crippen LogP contribution >= 0.6 is 0 Å². The Kier molecular flexibility index (Phi) is 3.98. The number of anilines is 2. The van der Waals surface area contributed by atoms with E-state index in [9.17, 15) is 8.42 Å². The molecule has 0 aliphatic carbocycles. The minimum atomic E-state index is -3.72. The summed E-state index contributed by atoms with van der Waals surface area (Å²) in [5, 5.41) is 5.13. The molecule has 2 rings (SSSR count). The Balaban J connectivity index is 2.22. The van der Waals surface area contributed by atoms with Crippen LogP contribution in [-0.2, 0) is 14.8 Å². The molecule has 0 aromatic heterocycles. The van der Waals surface area contributed by atoms with Crippen LogP contribution < -0.4 is 15.8 Å². The predicted octanol–water partition coefficient (Wildman–Crippen LogP) is 0.531. The number of nitrogens with two attached hydrogens (primary N) is 2. The summed E-state index contributed by atoms with van der Waals surface area (Å²) >= 11 is 0. The second-order valence-corrected chi connectivity index (χ2v) is 6.34. The van der Waals surface area contributed by atoms with Crippen LogP contribution in [0.15, 0.2) is 23.1 Å². The van der Waals surface area contributed by atoms with Gasteiger partial charge >= 0.3 is 0 Å². The van der Waals surface area contributed by atoms with Gasteiger partial charge in [0.15, 0.2) is 0 Å². The van der Waals surface area contributed by atoms with Crippen molar-refractivity contribution in [2.75, 3.05) is 30.8 Å². The van der Waals surface area contributed by atoms with E-state index in [-0.39, 0.29) is 11.0 Å². The molecule has 1 fully saturated rings. The Morgan fingerprint density at radius 3 is 2.79 bits per heavy atom. The molecule has 6 nitrogen and oxygen atoms in total. The SMILES string of the molecule is CN(CC1CCCO1)c1cc(S(N)(=O)=O)ccc1N. The van der Waals surface area contributed by atoms with Gasteiger partial charge in [-0.15, -0.1) is 0 Å². The number of nitrogens with zero attached hydrogens (tertiary/aromatic N) is 1. The molecule has 19 heavy (non-hydrogen) atoms. The van der Waals surface area contributed by atoms with Gasteiger partial charge in [0.25, 0.3) is 0 Å². The summed E-state index contributed by atoms with van der Waals surface area (Å²) in [7, 11) is -1.85. The molecule has 0 spiro atoms. The van der Waals surface area contributed by atoms with Crippen molar-refractivity contribution in [1.29, 1.82) is 0 Å². The van der Waals surface area contributed by atoms with Gasteiger partial charge in [0, 0.05) is 20.2 Å². The monoisotopic (exact) mass is 285 g/mol. The molecule has 1 aromatic carbocycles. The number of hydrogen-bond donors (Lipinski definition) is 2. The van der Waals surface area contributed by atoms with Crippen LogP contribution in [-0.4, -0.2) is 34.7 Å². The first-order valence-corrected chi connectivity index (χ1v) is 7.67. The van der Waals surface area contributed by atoms with Crippen LogP contribution in [0.5, 0.6) is 0 Å². The van der Waals surface area contributed by atoms with E-state index in [1.165, 1.54) is 12.1 Å². The van der Waals surface area contributed by atoms with Crippen LogP contribution in [0.3, 0.4) is 0 Å². The molecule has 106 valence electrons. The molecular formula is C12H19N3O3S. The van der Waals surface area contributed by atoms with Gasteiger partial charge in [0.05, 0.1) is 22.4 Å². The highest BCUT2D eigenvalue weighted by molar-refractivity contribution is 7.89. The van der Waals surface area contributed by atoms with Crippen LogP contribution in [0.4, 0.5) is 11.4 Å². The molecule has 0 radical (unpaired) electrons. The average Bonchev–Trinajstić information content (AvgIpc) is 2.80. The van der Waals surface area contributed by atoms with Crippen molar-refractivity contribution in [3.63, 3.8) is 0 Å². The Hall–Kier alpha value is -1.31. The summed E-state index contributed by atoms with van der Waals surface area (Å²) in [6.07, 6.45) is 2.24. The Morgan fingerprint density at radius 2 is 2.21 bits per heavy atom. The highest BCUT2D eigenvalue weighted by Gasteiger charge is 2.19. The normalized spacial score (nSPS) is 19.6. The Labute approximate surface area is 113 Å². The fraction of sp³-hybridized carbons (Fsp3) is 0.500. The summed E-state index contributed by atoms with van der Waals surface area (Å²) in [5.41, 5.74) is 7.07. The molecule has 1 aromatic rings. The molecule has 0 saturated carbocycles. The maximum absolute atomic E-state index is 11.4. The average molecular weight is 285 g/mol. The number of nitrogen functional groups attached to an aromatic ring is 1. The molecule has 1 aliphatic rings. The first kappa shape index (κ1) is 14.1. The molecular weight excluding hydrogens is 266 g/mol.